The molecule has 2 amide bonds. The van der Waals surface area contributed by atoms with Gasteiger partial charge in [-0.1, -0.05) is 0 Å². The summed E-state index contributed by atoms with van der Waals surface area (Å²) in [6, 6.07) is 4.10. The predicted octanol–water partition coefficient (Wildman–Crippen LogP) is 1.04. The number of hydrogen-bond donors (Lipinski definition) is 2. The second kappa shape index (κ2) is 4.09. The molecule has 4 nitrogen and oxygen atoms in total. The fourth-order valence-electron chi connectivity index (χ4n) is 1.15. The van der Waals surface area contributed by atoms with Crippen LogP contribution in [0.4, 0.5) is 4.79 Å². The summed E-state index contributed by atoms with van der Waals surface area (Å²) >= 11 is 0. The lowest BCUT2D eigenvalue weighted by Crippen LogP contribution is -2.36. The van der Waals surface area contributed by atoms with Gasteiger partial charge in [-0.05, 0) is 30.5 Å². The smallest absolute Gasteiger partial charge is 0.315 e. The number of hydrogen-bond acceptors (Lipinski definition) is 2. The molecule has 2 N–H and O–H groups in total. The molecule has 0 atom stereocenters. The Labute approximate surface area is 82.7 Å². The van der Waals surface area contributed by atoms with E-state index in [0.717, 1.165) is 18.4 Å². The molecule has 0 spiro atoms. The number of urea groups is 1. The average molecular weight is 191 g/mol. The zero-order valence-corrected chi connectivity index (χ0v) is 7.86. The molecule has 1 saturated carbocycles. The second-order valence-corrected chi connectivity index (χ2v) is 3.46. The van der Waals surface area contributed by atoms with Crippen molar-refractivity contribution in [3.8, 4) is 0 Å². The highest BCUT2D eigenvalue weighted by Crippen LogP contribution is 2.18. The third-order valence-corrected chi connectivity index (χ3v) is 2.11. The average Bonchev–Trinajstić information content (AvgIpc) is 3.00. The number of nitrogens with zero attached hydrogens (tertiary/aromatic N) is 1. The molecule has 1 fully saturated rings. The van der Waals surface area contributed by atoms with E-state index in [4.69, 9.17) is 0 Å². The SMILES string of the molecule is O=C(NCc1ccncc1)NC1CC1. The van der Waals surface area contributed by atoms with Crippen LogP contribution in [-0.2, 0) is 6.54 Å². The van der Waals surface area contributed by atoms with E-state index in [-0.39, 0.29) is 6.03 Å². The Morgan fingerprint density at radius 3 is 2.79 bits per heavy atom. The molecule has 4 heteroatoms. The molecule has 1 aliphatic rings. The van der Waals surface area contributed by atoms with Gasteiger partial charge in [0.15, 0.2) is 0 Å². The molecule has 2 rings (SSSR count). The predicted molar refractivity (Wildman–Crippen MR) is 52.6 cm³/mol. The fraction of sp³-hybridized carbons (Fsp3) is 0.400. The summed E-state index contributed by atoms with van der Waals surface area (Å²) in [5.41, 5.74) is 1.06. The Kier molecular flexibility index (Phi) is 2.62. The maximum Gasteiger partial charge on any atom is 0.315 e. The van der Waals surface area contributed by atoms with Crippen LogP contribution in [0.15, 0.2) is 24.5 Å². The maximum atomic E-state index is 11.2. The molecule has 0 saturated heterocycles. The lowest BCUT2D eigenvalue weighted by Gasteiger charge is -2.05. The Bertz CT molecular complexity index is 308. The highest BCUT2D eigenvalue weighted by atomic mass is 16.2. The molecule has 1 aliphatic carbocycles. The molecule has 0 radical (unpaired) electrons. The van der Waals surface area contributed by atoms with E-state index in [0.29, 0.717) is 12.6 Å². The van der Waals surface area contributed by atoms with E-state index in [1.165, 1.54) is 0 Å². The summed E-state index contributed by atoms with van der Waals surface area (Å²) in [6.07, 6.45) is 5.66. The number of pyridine rings is 1. The Morgan fingerprint density at radius 2 is 2.14 bits per heavy atom. The first kappa shape index (κ1) is 8.99. The lowest BCUT2D eigenvalue weighted by atomic mass is 10.3. The van der Waals surface area contributed by atoms with Crippen molar-refractivity contribution in [3.63, 3.8) is 0 Å². The van der Waals surface area contributed by atoms with Crippen LogP contribution in [0.25, 0.3) is 0 Å². The Hall–Kier alpha value is -1.58. The quantitative estimate of drug-likeness (QED) is 0.750. The molecule has 1 aromatic rings. The van der Waals surface area contributed by atoms with Crippen molar-refractivity contribution in [3.05, 3.63) is 30.1 Å². The van der Waals surface area contributed by atoms with Gasteiger partial charge in [-0.15, -0.1) is 0 Å². The zero-order valence-electron chi connectivity index (χ0n) is 7.86. The van der Waals surface area contributed by atoms with E-state index in [2.05, 4.69) is 15.6 Å². The van der Waals surface area contributed by atoms with Gasteiger partial charge in [0.1, 0.15) is 0 Å². The molecular formula is C10H13N3O. The Morgan fingerprint density at radius 1 is 1.43 bits per heavy atom. The molecule has 0 unspecified atom stereocenters. The van der Waals surface area contributed by atoms with E-state index in [1.807, 2.05) is 12.1 Å². The van der Waals surface area contributed by atoms with Gasteiger partial charge in [0.05, 0.1) is 0 Å². The number of aromatic nitrogens is 1. The van der Waals surface area contributed by atoms with Gasteiger partial charge in [-0.3, -0.25) is 4.98 Å². The number of carbonyl (C=O) groups excluding carboxylic acids is 1. The third kappa shape index (κ3) is 2.73. The van der Waals surface area contributed by atoms with Crippen LogP contribution in [0.1, 0.15) is 18.4 Å². The summed E-state index contributed by atoms with van der Waals surface area (Å²) in [6.45, 7) is 0.557. The van der Waals surface area contributed by atoms with Crippen molar-refractivity contribution in [1.29, 1.82) is 0 Å². The van der Waals surface area contributed by atoms with Crippen molar-refractivity contribution in [1.82, 2.24) is 15.6 Å². The first-order chi connectivity index (χ1) is 6.84. The summed E-state index contributed by atoms with van der Waals surface area (Å²) in [5.74, 6) is 0. The van der Waals surface area contributed by atoms with Gasteiger partial charge in [-0.2, -0.15) is 0 Å². The summed E-state index contributed by atoms with van der Waals surface area (Å²) in [4.78, 5) is 15.1. The topological polar surface area (TPSA) is 54.0 Å². The van der Waals surface area contributed by atoms with Gasteiger partial charge >= 0.3 is 6.03 Å². The van der Waals surface area contributed by atoms with Crippen LogP contribution >= 0.6 is 0 Å². The van der Waals surface area contributed by atoms with Gasteiger partial charge in [0.2, 0.25) is 0 Å². The largest absolute Gasteiger partial charge is 0.335 e. The molecule has 0 aromatic carbocycles. The monoisotopic (exact) mass is 191 g/mol. The van der Waals surface area contributed by atoms with E-state index >= 15 is 0 Å². The minimum Gasteiger partial charge on any atom is -0.335 e. The normalized spacial score (nSPS) is 14.9. The van der Waals surface area contributed by atoms with Crippen molar-refractivity contribution >= 4 is 6.03 Å². The van der Waals surface area contributed by atoms with Crippen molar-refractivity contribution in [2.75, 3.05) is 0 Å². The van der Waals surface area contributed by atoms with Crippen LogP contribution in [0.2, 0.25) is 0 Å². The number of rotatable bonds is 3. The number of nitrogens with one attached hydrogen (secondary N) is 2. The van der Waals surface area contributed by atoms with Crippen molar-refractivity contribution in [2.24, 2.45) is 0 Å². The molecule has 1 aromatic heterocycles. The summed E-state index contributed by atoms with van der Waals surface area (Å²) in [5, 5.41) is 5.65. The zero-order chi connectivity index (χ0) is 9.80. The molecule has 0 aliphatic heterocycles. The number of carbonyl (C=O) groups is 1. The first-order valence-electron chi connectivity index (χ1n) is 4.78. The first-order valence-corrected chi connectivity index (χ1v) is 4.78. The minimum absolute atomic E-state index is 0.0793. The highest BCUT2D eigenvalue weighted by Gasteiger charge is 2.22. The fourth-order valence-corrected chi connectivity index (χ4v) is 1.15. The molecular weight excluding hydrogens is 178 g/mol. The standard InChI is InChI=1S/C10H13N3O/c14-10(13-9-1-2-9)12-7-8-3-5-11-6-4-8/h3-6,9H,1-2,7H2,(H2,12,13,14). The minimum atomic E-state index is -0.0793. The molecule has 1 heterocycles. The van der Waals surface area contributed by atoms with Crippen LogP contribution in [0.3, 0.4) is 0 Å². The highest BCUT2D eigenvalue weighted by molar-refractivity contribution is 5.74. The van der Waals surface area contributed by atoms with Crippen molar-refractivity contribution in [2.45, 2.75) is 25.4 Å². The lowest BCUT2D eigenvalue weighted by molar-refractivity contribution is 0.240. The van der Waals surface area contributed by atoms with Crippen LogP contribution in [-0.4, -0.2) is 17.1 Å². The van der Waals surface area contributed by atoms with Gasteiger partial charge in [0, 0.05) is 25.0 Å². The third-order valence-electron chi connectivity index (χ3n) is 2.11. The van der Waals surface area contributed by atoms with Gasteiger partial charge in [-0.25, -0.2) is 4.79 Å². The maximum absolute atomic E-state index is 11.2. The van der Waals surface area contributed by atoms with E-state index in [1.54, 1.807) is 12.4 Å². The van der Waals surface area contributed by atoms with Crippen molar-refractivity contribution < 1.29 is 4.79 Å². The molecule has 0 bridgehead atoms. The van der Waals surface area contributed by atoms with Gasteiger partial charge < -0.3 is 10.6 Å². The molecule has 14 heavy (non-hydrogen) atoms. The van der Waals surface area contributed by atoms with Crippen LogP contribution in [0, 0.1) is 0 Å². The summed E-state index contributed by atoms with van der Waals surface area (Å²) < 4.78 is 0. The number of amides is 2. The summed E-state index contributed by atoms with van der Waals surface area (Å²) in [7, 11) is 0. The second-order valence-electron chi connectivity index (χ2n) is 3.46. The van der Waals surface area contributed by atoms with Crippen LogP contribution < -0.4 is 10.6 Å². The van der Waals surface area contributed by atoms with Crippen LogP contribution in [0.5, 0.6) is 0 Å². The van der Waals surface area contributed by atoms with Gasteiger partial charge in [0.25, 0.3) is 0 Å². The molecule has 74 valence electrons. The van der Waals surface area contributed by atoms with E-state index < -0.39 is 0 Å². The van der Waals surface area contributed by atoms with E-state index in [9.17, 15) is 4.79 Å². The Balaban J connectivity index is 1.73.